The van der Waals surface area contributed by atoms with Crippen LogP contribution < -0.4 is 4.74 Å². The molecular formula is C15H16O. The van der Waals surface area contributed by atoms with Crippen LogP contribution in [-0.2, 0) is 0 Å². The molecule has 0 amide bonds. The van der Waals surface area contributed by atoms with E-state index in [9.17, 15) is 0 Å². The van der Waals surface area contributed by atoms with Gasteiger partial charge in [-0.15, -0.1) is 0 Å². The van der Waals surface area contributed by atoms with E-state index in [-0.39, 0.29) is 0 Å². The predicted molar refractivity (Wildman–Crippen MR) is 66.8 cm³/mol. The van der Waals surface area contributed by atoms with Crippen molar-refractivity contribution in [3.8, 4) is 5.75 Å². The maximum absolute atomic E-state index is 6.08. The second kappa shape index (κ2) is 3.82. The van der Waals surface area contributed by atoms with E-state index in [1.807, 2.05) is 0 Å². The summed E-state index contributed by atoms with van der Waals surface area (Å²) in [7, 11) is 0. The smallest absolute Gasteiger partial charge is 0.127 e. The lowest BCUT2D eigenvalue weighted by Crippen LogP contribution is -2.34. The molecule has 0 unspecified atom stereocenters. The molecule has 82 valence electrons. The number of rotatable bonds is 2. The molecule has 2 aromatic carbocycles. The Labute approximate surface area is 96.0 Å². The number of ether oxygens (including phenoxy) is 1. The third-order valence-electron chi connectivity index (χ3n) is 3.57. The molecule has 1 saturated carbocycles. The third kappa shape index (κ3) is 1.57. The average molecular weight is 212 g/mol. The van der Waals surface area contributed by atoms with E-state index in [1.54, 1.807) is 0 Å². The summed E-state index contributed by atoms with van der Waals surface area (Å²) in [5, 5.41) is 2.48. The van der Waals surface area contributed by atoms with E-state index in [1.165, 1.54) is 23.6 Å². The van der Waals surface area contributed by atoms with Gasteiger partial charge in [-0.05, 0) is 30.2 Å². The molecule has 0 aromatic heterocycles. The molecule has 0 saturated heterocycles. The summed E-state index contributed by atoms with van der Waals surface area (Å²) in [4.78, 5) is 0. The van der Waals surface area contributed by atoms with Crippen LogP contribution in [0.15, 0.2) is 42.5 Å². The molecule has 3 rings (SSSR count). The van der Waals surface area contributed by atoms with Gasteiger partial charge in [-0.3, -0.25) is 0 Å². The fourth-order valence-electron chi connectivity index (χ4n) is 2.27. The van der Waals surface area contributed by atoms with Gasteiger partial charge in [0.25, 0.3) is 0 Å². The van der Waals surface area contributed by atoms with Crippen LogP contribution in [0.1, 0.15) is 19.8 Å². The first-order chi connectivity index (χ1) is 7.84. The SMILES string of the molecule is C[C@@H]1CC[C@H]1Oc1cccc2ccccc12. The Morgan fingerprint density at radius 2 is 1.81 bits per heavy atom. The predicted octanol–water partition coefficient (Wildman–Crippen LogP) is 4.02. The van der Waals surface area contributed by atoms with E-state index in [0.717, 1.165) is 5.75 Å². The fraction of sp³-hybridized carbons (Fsp3) is 0.333. The van der Waals surface area contributed by atoms with Crippen molar-refractivity contribution in [1.82, 2.24) is 0 Å². The summed E-state index contributed by atoms with van der Waals surface area (Å²) >= 11 is 0. The van der Waals surface area contributed by atoms with Crippen molar-refractivity contribution in [2.75, 3.05) is 0 Å². The second-order valence-electron chi connectivity index (χ2n) is 4.69. The van der Waals surface area contributed by atoms with Gasteiger partial charge < -0.3 is 4.74 Å². The molecule has 1 aliphatic rings. The Balaban J connectivity index is 1.96. The molecule has 0 radical (unpaired) electrons. The van der Waals surface area contributed by atoms with Crippen LogP contribution in [0, 0.1) is 5.92 Å². The lowest BCUT2D eigenvalue weighted by atomic mass is 9.83. The number of hydrogen-bond acceptors (Lipinski definition) is 1. The second-order valence-corrected chi connectivity index (χ2v) is 4.69. The molecule has 16 heavy (non-hydrogen) atoms. The summed E-state index contributed by atoms with van der Waals surface area (Å²) in [6, 6.07) is 14.7. The van der Waals surface area contributed by atoms with E-state index in [0.29, 0.717) is 12.0 Å². The zero-order chi connectivity index (χ0) is 11.0. The first kappa shape index (κ1) is 9.71. The maximum Gasteiger partial charge on any atom is 0.127 e. The van der Waals surface area contributed by atoms with Gasteiger partial charge in [-0.2, -0.15) is 0 Å². The fourth-order valence-corrected chi connectivity index (χ4v) is 2.27. The average Bonchev–Trinajstić information content (AvgIpc) is 2.34. The summed E-state index contributed by atoms with van der Waals surface area (Å²) < 4.78 is 6.08. The van der Waals surface area contributed by atoms with E-state index < -0.39 is 0 Å². The third-order valence-corrected chi connectivity index (χ3v) is 3.57. The van der Waals surface area contributed by atoms with E-state index in [2.05, 4.69) is 49.4 Å². The Kier molecular flexibility index (Phi) is 2.32. The molecule has 1 nitrogen and oxygen atoms in total. The van der Waals surface area contributed by atoms with Crippen molar-refractivity contribution in [1.29, 1.82) is 0 Å². The van der Waals surface area contributed by atoms with Gasteiger partial charge >= 0.3 is 0 Å². The van der Waals surface area contributed by atoms with Gasteiger partial charge in [0.05, 0.1) is 0 Å². The van der Waals surface area contributed by atoms with Crippen molar-refractivity contribution < 1.29 is 4.74 Å². The van der Waals surface area contributed by atoms with Crippen LogP contribution in [0.5, 0.6) is 5.75 Å². The number of hydrogen-bond donors (Lipinski definition) is 0. The highest BCUT2D eigenvalue weighted by molar-refractivity contribution is 5.88. The van der Waals surface area contributed by atoms with Crippen molar-refractivity contribution in [2.45, 2.75) is 25.9 Å². The van der Waals surface area contributed by atoms with Crippen LogP contribution in [0.2, 0.25) is 0 Å². The van der Waals surface area contributed by atoms with Gasteiger partial charge in [-0.1, -0.05) is 43.3 Å². The van der Waals surface area contributed by atoms with Gasteiger partial charge in [0, 0.05) is 5.39 Å². The van der Waals surface area contributed by atoms with Crippen LogP contribution in [0.3, 0.4) is 0 Å². The maximum atomic E-state index is 6.08. The quantitative estimate of drug-likeness (QED) is 0.730. The molecule has 0 heterocycles. The zero-order valence-corrected chi connectivity index (χ0v) is 9.52. The van der Waals surface area contributed by atoms with Gasteiger partial charge in [-0.25, -0.2) is 0 Å². The van der Waals surface area contributed by atoms with Crippen LogP contribution in [0.25, 0.3) is 10.8 Å². The standard InChI is InChI=1S/C15H16O/c1-11-9-10-14(11)16-15-8-4-6-12-5-2-3-7-13(12)15/h2-8,11,14H,9-10H2,1H3/t11-,14-/m1/s1. The Bertz CT molecular complexity index is 498. The highest BCUT2D eigenvalue weighted by Crippen LogP contribution is 2.34. The molecule has 0 aliphatic heterocycles. The van der Waals surface area contributed by atoms with Crippen molar-refractivity contribution >= 4 is 10.8 Å². The summed E-state index contributed by atoms with van der Waals surface area (Å²) in [6.07, 6.45) is 2.92. The Hall–Kier alpha value is -1.50. The lowest BCUT2D eigenvalue weighted by Gasteiger charge is -2.34. The summed E-state index contributed by atoms with van der Waals surface area (Å²) in [5.74, 6) is 1.74. The van der Waals surface area contributed by atoms with Crippen LogP contribution in [-0.4, -0.2) is 6.10 Å². The highest BCUT2D eigenvalue weighted by atomic mass is 16.5. The van der Waals surface area contributed by atoms with Crippen molar-refractivity contribution in [2.24, 2.45) is 5.92 Å². The zero-order valence-electron chi connectivity index (χ0n) is 9.52. The van der Waals surface area contributed by atoms with Gasteiger partial charge in [0.1, 0.15) is 11.9 Å². The first-order valence-electron chi connectivity index (χ1n) is 5.99. The molecule has 1 aliphatic carbocycles. The van der Waals surface area contributed by atoms with Gasteiger partial charge in [0.2, 0.25) is 0 Å². The molecule has 2 aromatic rings. The largest absolute Gasteiger partial charge is 0.490 e. The summed E-state index contributed by atoms with van der Waals surface area (Å²) in [6.45, 7) is 2.26. The van der Waals surface area contributed by atoms with Gasteiger partial charge in [0.15, 0.2) is 0 Å². The molecule has 0 spiro atoms. The normalized spacial score (nSPS) is 24.1. The molecule has 0 bridgehead atoms. The first-order valence-corrected chi connectivity index (χ1v) is 5.99. The molecule has 0 N–H and O–H groups in total. The Morgan fingerprint density at radius 1 is 1.00 bits per heavy atom. The molecule has 1 fully saturated rings. The minimum Gasteiger partial charge on any atom is -0.490 e. The minimum absolute atomic E-state index is 0.422. The Morgan fingerprint density at radius 3 is 2.56 bits per heavy atom. The lowest BCUT2D eigenvalue weighted by molar-refractivity contribution is 0.0591. The molecular weight excluding hydrogens is 196 g/mol. The topological polar surface area (TPSA) is 9.23 Å². The molecule has 1 heteroatoms. The van der Waals surface area contributed by atoms with Crippen molar-refractivity contribution in [3.63, 3.8) is 0 Å². The minimum atomic E-state index is 0.422. The van der Waals surface area contributed by atoms with Crippen LogP contribution >= 0.6 is 0 Å². The van der Waals surface area contributed by atoms with Crippen LogP contribution in [0.4, 0.5) is 0 Å². The van der Waals surface area contributed by atoms with E-state index in [4.69, 9.17) is 4.74 Å². The van der Waals surface area contributed by atoms with E-state index >= 15 is 0 Å². The number of fused-ring (bicyclic) bond motifs is 1. The van der Waals surface area contributed by atoms with Crippen molar-refractivity contribution in [3.05, 3.63) is 42.5 Å². The monoisotopic (exact) mass is 212 g/mol. The summed E-state index contributed by atoms with van der Waals surface area (Å²) in [5.41, 5.74) is 0. The number of benzene rings is 2. The molecule has 2 atom stereocenters. The highest BCUT2D eigenvalue weighted by Gasteiger charge is 2.28.